The second kappa shape index (κ2) is 5.25. The van der Waals surface area contributed by atoms with Gasteiger partial charge in [0, 0.05) is 32.8 Å². The van der Waals surface area contributed by atoms with Gasteiger partial charge in [-0.1, -0.05) is 0 Å². The fourth-order valence-electron chi connectivity index (χ4n) is 2.51. The van der Waals surface area contributed by atoms with Crippen molar-refractivity contribution >= 4 is 0 Å². The standard InChI is InChI=1S/C11H22N2O2/c1-9-5-13(7-11(4-12)15-9)6-10-2-3-14-8-10/h9-11H,2-8,12H2,1H3. The summed E-state index contributed by atoms with van der Waals surface area (Å²) in [6.07, 6.45) is 1.74. The van der Waals surface area contributed by atoms with Gasteiger partial charge in [-0.05, 0) is 19.3 Å². The van der Waals surface area contributed by atoms with Crippen molar-refractivity contribution in [2.45, 2.75) is 25.6 Å². The van der Waals surface area contributed by atoms with Gasteiger partial charge in [-0.3, -0.25) is 4.90 Å². The third-order valence-electron chi connectivity index (χ3n) is 3.21. The molecular weight excluding hydrogens is 192 g/mol. The Morgan fingerprint density at radius 1 is 1.40 bits per heavy atom. The van der Waals surface area contributed by atoms with E-state index >= 15 is 0 Å². The highest BCUT2D eigenvalue weighted by molar-refractivity contribution is 4.79. The van der Waals surface area contributed by atoms with E-state index in [2.05, 4.69) is 11.8 Å². The van der Waals surface area contributed by atoms with Gasteiger partial charge in [-0.25, -0.2) is 0 Å². The van der Waals surface area contributed by atoms with Crippen LogP contribution in [0.4, 0.5) is 0 Å². The zero-order valence-electron chi connectivity index (χ0n) is 9.52. The number of ether oxygens (including phenoxy) is 2. The summed E-state index contributed by atoms with van der Waals surface area (Å²) in [6.45, 7) is 7.78. The summed E-state index contributed by atoms with van der Waals surface area (Å²) >= 11 is 0. The topological polar surface area (TPSA) is 47.7 Å². The van der Waals surface area contributed by atoms with E-state index in [9.17, 15) is 0 Å². The number of rotatable bonds is 3. The molecule has 0 aromatic heterocycles. The summed E-state index contributed by atoms with van der Waals surface area (Å²) in [5.41, 5.74) is 5.66. The molecule has 88 valence electrons. The Morgan fingerprint density at radius 3 is 2.93 bits per heavy atom. The molecule has 2 fully saturated rings. The van der Waals surface area contributed by atoms with E-state index in [1.165, 1.54) is 6.42 Å². The minimum absolute atomic E-state index is 0.219. The van der Waals surface area contributed by atoms with Crippen molar-refractivity contribution < 1.29 is 9.47 Å². The van der Waals surface area contributed by atoms with E-state index in [0.717, 1.165) is 32.8 Å². The summed E-state index contributed by atoms with van der Waals surface area (Å²) in [7, 11) is 0. The third kappa shape index (κ3) is 3.14. The molecule has 3 unspecified atom stereocenters. The predicted molar refractivity (Wildman–Crippen MR) is 58.8 cm³/mol. The number of nitrogens with two attached hydrogens (primary N) is 1. The van der Waals surface area contributed by atoms with Gasteiger partial charge in [0.25, 0.3) is 0 Å². The van der Waals surface area contributed by atoms with Crippen LogP contribution >= 0.6 is 0 Å². The van der Waals surface area contributed by atoms with Crippen molar-refractivity contribution in [1.29, 1.82) is 0 Å². The van der Waals surface area contributed by atoms with Crippen LogP contribution in [0.3, 0.4) is 0 Å². The van der Waals surface area contributed by atoms with Gasteiger partial charge in [0.15, 0.2) is 0 Å². The van der Waals surface area contributed by atoms with Crippen LogP contribution in [0.1, 0.15) is 13.3 Å². The Kier molecular flexibility index (Phi) is 3.97. The van der Waals surface area contributed by atoms with E-state index < -0.39 is 0 Å². The lowest BCUT2D eigenvalue weighted by molar-refractivity contribution is -0.0754. The fraction of sp³-hybridized carbons (Fsp3) is 1.00. The monoisotopic (exact) mass is 214 g/mol. The maximum Gasteiger partial charge on any atom is 0.0828 e. The summed E-state index contributed by atoms with van der Waals surface area (Å²) in [6, 6.07) is 0. The Morgan fingerprint density at radius 2 is 2.27 bits per heavy atom. The minimum Gasteiger partial charge on any atom is -0.381 e. The molecular formula is C11H22N2O2. The molecule has 2 heterocycles. The highest BCUT2D eigenvalue weighted by Crippen LogP contribution is 2.17. The van der Waals surface area contributed by atoms with E-state index in [1.807, 2.05) is 0 Å². The van der Waals surface area contributed by atoms with Crippen molar-refractivity contribution in [2.24, 2.45) is 11.7 Å². The van der Waals surface area contributed by atoms with Crippen LogP contribution in [0.15, 0.2) is 0 Å². The van der Waals surface area contributed by atoms with E-state index in [1.54, 1.807) is 0 Å². The second-order valence-electron chi connectivity index (χ2n) is 4.75. The summed E-state index contributed by atoms with van der Waals surface area (Å²) < 4.78 is 11.1. The molecule has 0 radical (unpaired) electrons. The van der Waals surface area contributed by atoms with Crippen LogP contribution < -0.4 is 5.73 Å². The smallest absolute Gasteiger partial charge is 0.0828 e. The lowest BCUT2D eigenvalue weighted by atomic mass is 10.1. The molecule has 3 atom stereocenters. The Hall–Kier alpha value is -0.160. The predicted octanol–water partition coefficient (Wildman–Crippen LogP) is 0.0709. The van der Waals surface area contributed by atoms with Crippen LogP contribution in [-0.4, -0.2) is 56.5 Å². The van der Waals surface area contributed by atoms with Gasteiger partial charge in [-0.2, -0.15) is 0 Å². The van der Waals surface area contributed by atoms with Crippen molar-refractivity contribution in [3.63, 3.8) is 0 Å². The number of hydrogen-bond acceptors (Lipinski definition) is 4. The molecule has 4 heteroatoms. The first-order chi connectivity index (χ1) is 7.28. The highest BCUT2D eigenvalue weighted by atomic mass is 16.5. The molecule has 0 saturated carbocycles. The Labute approximate surface area is 91.7 Å². The molecule has 2 rings (SSSR count). The Balaban J connectivity index is 1.80. The third-order valence-corrected chi connectivity index (χ3v) is 3.21. The first-order valence-corrected chi connectivity index (χ1v) is 5.93. The Bertz CT molecular complexity index is 195. The molecule has 0 bridgehead atoms. The van der Waals surface area contributed by atoms with E-state index in [0.29, 0.717) is 18.6 Å². The molecule has 2 aliphatic heterocycles. The maximum absolute atomic E-state index is 5.73. The van der Waals surface area contributed by atoms with Crippen LogP contribution in [0.5, 0.6) is 0 Å². The van der Waals surface area contributed by atoms with E-state index in [4.69, 9.17) is 15.2 Å². The first-order valence-electron chi connectivity index (χ1n) is 5.93. The van der Waals surface area contributed by atoms with Crippen LogP contribution in [0.25, 0.3) is 0 Å². The van der Waals surface area contributed by atoms with Crippen molar-refractivity contribution in [2.75, 3.05) is 39.4 Å². The van der Waals surface area contributed by atoms with Gasteiger partial charge in [0.1, 0.15) is 0 Å². The average Bonchev–Trinajstić information content (AvgIpc) is 2.69. The maximum atomic E-state index is 5.73. The highest BCUT2D eigenvalue weighted by Gasteiger charge is 2.27. The number of nitrogens with zero attached hydrogens (tertiary/aromatic N) is 1. The molecule has 0 aliphatic carbocycles. The van der Waals surface area contributed by atoms with E-state index in [-0.39, 0.29) is 6.10 Å². The molecule has 4 nitrogen and oxygen atoms in total. The number of hydrogen-bond donors (Lipinski definition) is 1. The molecule has 0 spiro atoms. The SMILES string of the molecule is CC1CN(CC2CCOC2)CC(CN)O1. The van der Waals surface area contributed by atoms with Gasteiger partial charge in [0.05, 0.1) is 18.8 Å². The molecule has 0 aromatic carbocycles. The van der Waals surface area contributed by atoms with Crippen LogP contribution in [-0.2, 0) is 9.47 Å². The second-order valence-corrected chi connectivity index (χ2v) is 4.75. The van der Waals surface area contributed by atoms with Crippen LogP contribution in [0, 0.1) is 5.92 Å². The zero-order chi connectivity index (χ0) is 10.7. The van der Waals surface area contributed by atoms with Gasteiger partial charge in [0.2, 0.25) is 0 Å². The zero-order valence-corrected chi connectivity index (χ0v) is 9.52. The lowest BCUT2D eigenvalue weighted by Gasteiger charge is -2.37. The van der Waals surface area contributed by atoms with Crippen molar-refractivity contribution in [3.8, 4) is 0 Å². The molecule has 0 amide bonds. The first kappa shape index (κ1) is 11.3. The summed E-state index contributed by atoms with van der Waals surface area (Å²) in [5.74, 6) is 0.716. The molecule has 2 aliphatic rings. The molecule has 2 N–H and O–H groups in total. The van der Waals surface area contributed by atoms with Gasteiger partial charge < -0.3 is 15.2 Å². The van der Waals surface area contributed by atoms with Gasteiger partial charge in [-0.15, -0.1) is 0 Å². The molecule has 0 aromatic rings. The molecule has 15 heavy (non-hydrogen) atoms. The molecule has 2 saturated heterocycles. The summed E-state index contributed by atoms with van der Waals surface area (Å²) in [4.78, 5) is 2.48. The lowest BCUT2D eigenvalue weighted by Crippen LogP contribution is -2.50. The van der Waals surface area contributed by atoms with Gasteiger partial charge >= 0.3 is 0 Å². The quantitative estimate of drug-likeness (QED) is 0.722. The van der Waals surface area contributed by atoms with Crippen LogP contribution in [0.2, 0.25) is 0 Å². The minimum atomic E-state index is 0.219. The van der Waals surface area contributed by atoms with Crippen molar-refractivity contribution in [1.82, 2.24) is 4.90 Å². The normalized spacial score (nSPS) is 38.4. The van der Waals surface area contributed by atoms with Crippen molar-refractivity contribution in [3.05, 3.63) is 0 Å². The number of morpholine rings is 1. The fourth-order valence-corrected chi connectivity index (χ4v) is 2.51. The summed E-state index contributed by atoms with van der Waals surface area (Å²) in [5, 5.41) is 0. The largest absolute Gasteiger partial charge is 0.381 e. The average molecular weight is 214 g/mol.